The van der Waals surface area contributed by atoms with E-state index in [0.29, 0.717) is 16.6 Å². The minimum Gasteiger partial charge on any atom is -0.346 e. The molecule has 0 atom stereocenters. The fourth-order valence-corrected chi connectivity index (χ4v) is 2.49. The summed E-state index contributed by atoms with van der Waals surface area (Å²) in [5, 5.41) is 0.694. The average molecular weight is 266 g/mol. The van der Waals surface area contributed by atoms with E-state index in [2.05, 4.69) is 15.0 Å². The van der Waals surface area contributed by atoms with Crippen LogP contribution in [0.5, 0.6) is 0 Å². The van der Waals surface area contributed by atoms with Crippen molar-refractivity contribution in [3.8, 4) is 0 Å². The number of halogens is 2. The first-order chi connectivity index (χ1) is 6.97. The van der Waals surface area contributed by atoms with Gasteiger partial charge in [0.25, 0.3) is 0 Å². The van der Waals surface area contributed by atoms with Crippen molar-refractivity contribution in [2.75, 3.05) is 0 Å². The van der Waals surface area contributed by atoms with Crippen molar-refractivity contribution in [2.24, 2.45) is 0 Å². The fourth-order valence-electron chi connectivity index (χ4n) is 1.29. The van der Waals surface area contributed by atoms with Crippen LogP contribution in [0, 0.1) is 0 Å². The quantitative estimate of drug-likeness (QED) is 0.662. The largest absolute Gasteiger partial charge is 0.346 e. The maximum atomic E-state index is 10.9. The molecule has 2 heterocycles. The molecular weight excluding hydrogens is 261 g/mol. The highest BCUT2D eigenvalue weighted by Gasteiger charge is 2.14. The van der Waals surface area contributed by atoms with E-state index in [1.54, 1.807) is 0 Å². The third-order valence-electron chi connectivity index (χ3n) is 1.83. The molecular formula is C7H5Cl2N3O2S. The second-order valence-corrected chi connectivity index (χ2v) is 6.02. The Morgan fingerprint density at radius 1 is 1.40 bits per heavy atom. The van der Waals surface area contributed by atoms with Crippen LogP contribution in [-0.2, 0) is 14.8 Å². The highest BCUT2D eigenvalue weighted by molar-refractivity contribution is 8.13. The number of fused-ring (bicyclic) bond motifs is 1. The Bertz CT molecular complexity index is 608. The van der Waals surface area contributed by atoms with Crippen molar-refractivity contribution in [1.29, 1.82) is 0 Å². The van der Waals surface area contributed by atoms with E-state index in [0.717, 1.165) is 0 Å². The van der Waals surface area contributed by atoms with Crippen molar-refractivity contribution in [2.45, 2.75) is 5.75 Å². The highest BCUT2D eigenvalue weighted by atomic mass is 35.7. The second-order valence-electron chi connectivity index (χ2n) is 2.89. The van der Waals surface area contributed by atoms with E-state index in [1.807, 2.05) is 0 Å². The first-order valence-electron chi connectivity index (χ1n) is 3.86. The number of rotatable bonds is 2. The lowest BCUT2D eigenvalue weighted by molar-refractivity contribution is 0.609. The van der Waals surface area contributed by atoms with Gasteiger partial charge in [-0.15, -0.1) is 0 Å². The monoisotopic (exact) mass is 265 g/mol. The third kappa shape index (κ3) is 2.22. The number of hydrogen-bond donors (Lipinski definition) is 1. The number of H-pyrrole nitrogens is 1. The first kappa shape index (κ1) is 10.7. The molecule has 80 valence electrons. The van der Waals surface area contributed by atoms with Gasteiger partial charge in [0, 0.05) is 16.9 Å². The van der Waals surface area contributed by atoms with Gasteiger partial charge in [0.15, 0.2) is 0 Å². The van der Waals surface area contributed by atoms with E-state index < -0.39 is 9.05 Å². The van der Waals surface area contributed by atoms with E-state index in [-0.39, 0.29) is 10.9 Å². The summed E-state index contributed by atoms with van der Waals surface area (Å²) in [6.45, 7) is 0. The molecule has 0 radical (unpaired) electrons. The van der Waals surface area contributed by atoms with Crippen molar-refractivity contribution in [3.63, 3.8) is 0 Å². The van der Waals surface area contributed by atoms with Gasteiger partial charge >= 0.3 is 0 Å². The van der Waals surface area contributed by atoms with Gasteiger partial charge in [0.1, 0.15) is 17.1 Å². The van der Waals surface area contributed by atoms with E-state index >= 15 is 0 Å². The van der Waals surface area contributed by atoms with Crippen molar-refractivity contribution in [3.05, 3.63) is 23.2 Å². The zero-order valence-electron chi connectivity index (χ0n) is 7.24. The normalized spacial score (nSPS) is 12.1. The molecule has 0 amide bonds. The van der Waals surface area contributed by atoms with Crippen LogP contribution < -0.4 is 0 Å². The SMILES string of the molecule is O=S(=O)(Cl)Cc1c[nH]c2ncnc(Cl)c12. The van der Waals surface area contributed by atoms with Gasteiger partial charge in [0.2, 0.25) is 9.05 Å². The molecule has 5 nitrogen and oxygen atoms in total. The lowest BCUT2D eigenvalue weighted by Gasteiger charge is -1.96. The summed E-state index contributed by atoms with van der Waals surface area (Å²) in [5.41, 5.74) is 0.955. The van der Waals surface area contributed by atoms with Gasteiger partial charge in [0.05, 0.1) is 11.1 Å². The number of hydrogen-bond acceptors (Lipinski definition) is 4. The lowest BCUT2D eigenvalue weighted by atomic mass is 10.3. The molecule has 2 aromatic rings. The average Bonchev–Trinajstić information content (AvgIpc) is 2.47. The Labute approximate surface area is 94.9 Å². The number of nitrogens with zero attached hydrogens (tertiary/aromatic N) is 2. The predicted molar refractivity (Wildman–Crippen MR) is 57.4 cm³/mol. The zero-order chi connectivity index (χ0) is 11.1. The maximum Gasteiger partial charge on any atom is 0.236 e. The Morgan fingerprint density at radius 2 is 2.13 bits per heavy atom. The van der Waals surface area contributed by atoms with E-state index in [1.165, 1.54) is 12.5 Å². The van der Waals surface area contributed by atoms with Crippen LogP contribution in [0.2, 0.25) is 5.15 Å². The Balaban J connectivity index is 2.63. The van der Waals surface area contributed by atoms with Crippen molar-refractivity contribution >= 4 is 42.4 Å². The molecule has 0 aliphatic carbocycles. The summed E-state index contributed by atoms with van der Waals surface area (Å²) in [5.74, 6) is -0.304. The van der Waals surface area contributed by atoms with Gasteiger partial charge in [-0.25, -0.2) is 18.4 Å². The minimum atomic E-state index is -3.62. The minimum absolute atomic E-state index is 0.205. The number of nitrogens with one attached hydrogen (secondary N) is 1. The topological polar surface area (TPSA) is 75.7 Å². The Kier molecular flexibility index (Phi) is 2.57. The van der Waals surface area contributed by atoms with Crippen LogP contribution in [-0.4, -0.2) is 23.4 Å². The van der Waals surface area contributed by atoms with Crippen LogP contribution in [0.25, 0.3) is 11.0 Å². The summed E-state index contributed by atoms with van der Waals surface area (Å²) in [7, 11) is 1.53. The molecule has 0 aliphatic heterocycles. The molecule has 0 bridgehead atoms. The molecule has 2 rings (SSSR count). The summed E-state index contributed by atoms with van der Waals surface area (Å²) in [6.07, 6.45) is 2.80. The standard InChI is InChI=1S/C7H5Cl2N3O2S/c8-6-5-4(2-15(9,13)14)1-10-7(5)12-3-11-6/h1,3H,2H2,(H,10,11,12). The lowest BCUT2D eigenvalue weighted by Crippen LogP contribution is -1.94. The summed E-state index contributed by atoms with van der Waals surface area (Å²) in [4.78, 5) is 10.5. The summed E-state index contributed by atoms with van der Waals surface area (Å²) < 4.78 is 21.8. The number of aromatic nitrogens is 3. The van der Waals surface area contributed by atoms with E-state index in [9.17, 15) is 8.42 Å². The van der Waals surface area contributed by atoms with Gasteiger partial charge in [-0.2, -0.15) is 0 Å². The molecule has 0 aliphatic rings. The highest BCUT2D eigenvalue weighted by Crippen LogP contribution is 2.25. The molecule has 0 saturated heterocycles. The molecule has 0 saturated carbocycles. The predicted octanol–water partition coefficient (Wildman–Crippen LogP) is 1.68. The van der Waals surface area contributed by atoms with Crippen LogP contribution >= 0.6 is 22.3 Å². The smallest absolute Gasteiger partial charge is 0.236 e. The summed E-state index contributed by atoms with van der Waals surface area (Å²) in [6, 6.07) is 0. The van der Waals surface area contributed by atoms with Crippen LogP contribution in [0.15, 0.2) is 12.5 Å². The Hall–Kier alpha value is -0.850. The molecule has 8 heteroatoms. The van der Waals surface area contributed by atoms with Crippen LogP contribution in [0.1, 0.15) is 5.56 Å². The third-order valence-corrected chi connectivity index (χ3v) is 3.10. The number of aromatic amines is 1. The zero-order valence-corrected chi connectivity index (χ0v) is 9.57. The Morgan fingerprint density at radius 3 is 2.80 bits per heavy atom. The molecule has 0 fully saturated rings. The van der Waals surface area contributed by atoms with Gasteiger partial charge in [-0.05, 0) is 5.56 Å². The molecule has 15 heavy (non-hydrogen) atoms. The molecule has 0 aromatic carbocycles. The van der Waals surface area contributed by atoms with Crippen molar-refractivity contribution < 1.29 is 8.42 Å². The summed E-state index contributed by atoms with van der Waals surface area (Å²) >= 11 is 5.82. The molecule has 1 N–H and O–H groups in total. The molecule has 0 spiro atoms. The van der Waals surface area contributed by atoms with Crippen LogP contribution in [0.4, 0.5) is 0 Å². The first-order valence-corrected chi connectivity index (χ1v) is 6.72. The molecule has 2 aromatic heterocycles. The second kappa shape index (κ2) is 3.62. The molecule has 0 unspecified atom stereocenters. The van der Waals surface area contributed by atoms with Gasteiger partial charge in [-0.1, -0.05) is 11.6 Å². The van der Waals surface area contributed by atoms with Gasteiger partial charge in [-0.3, -0.25) is 0 Å². The van der Waals surface area contributed by atoms with Crippen LogP contribution in [0.3, 0.4) is 0 Å². The maximum absolute atomic E-state index is 10.9. The van der Waals surface area contributed by atoms with Crippen molar-refractivity contribution in [1.82, 2.24) is 15.0 Å². The van der Waals surface area contributed by atoms with Gasteiger partial charge < -0.3 is 4.98 Å². The van der Waals surface area contributed by atoms with E-state index in [4.69, 9.17) is 22.3 Å². The fraction of sp³-hybridized carbons (Fsp3) is 0.143.